The van der Waals surface area contributed by atoms with Gasteiger partial charge in [0.1, 0.15) is 5.75 Å². The molecule has 1 heterocycles. The van der Waals surface area contributed by atoms with Gasteiger partial charge >= 0.3 is 0 Å². The number of phenolic OH excluding ortho intramolecular Hbond substituents is 1. The third-order valence-corrected chi connectivity index (χ3v) is 6.00. The molecule has 3 rings (SSSR count). The zero-order valence-electron chi connectivity index (χ0n) is 12.3. The Morgan fingerprint density at radius 2 is 1.76 bits per heavy atom. The SMILES string of the molecule is Oc1ccc(C2CCN(C3CCCCC3O)CC2)cc1I. The second-order valence-corrected chi connectivity index (χ2v) is 7.60. The van der Waals surface area contributed by atoms with Crippen LogP contribution < -0.4 is 0 Å². The van der Waals surface area contributed by atoms with Crippen LogP contribution in [-0.2, 0) is 0 Å². The van der Waals surface area contributed by atoms with E-state index in [1.165, 1.54) is 18.4 Å². The van der Waals surface area contributed by atoms with E-state index in [9.17, 15) is 10.2 Å². The zero-order chi connectivity index (χ0) is 14.8. The summed E-state index contributed by atoms with van der Waals surface area (Å²) in [6.07, 6.45) is 6.76. The molecule has 0 aromatic heterocycles. The lowest BCUT2D eigenvalue weighted by atomic mass is 9.86. The minimum absolute atomic E-state index is 0.120. The molecule has 2 aliphatic rings. The second kappa shape index (κ2) is 6.84. The lowest BCUT2D eigenvalue weighted by Crippen LogP contribution is -2.48. The van der Waals surface area contributed by atoms with Crippen molar-refractivity contribution in [2.45, 2.75) is 56.6 Å². The van der Waals surface area contributed by atoms with E-state index in [2.05, 4.69) is 39.6 Å². The molecule has 1 saturated heterocycles. The monoisotopic (exact) mass is 401 g/mol. The molecule has 1 saturated carbocycles. The van der Waals surface area contributed by atoms with E-state index in [0.29, 0.717) is 17.7 Å². The van der Waals surface area contributed by atoms with E-state index in [4.69, 9.17) is 0 Å². The highest BCUT2D eigenvalue weighted by molar-refractivity contribution is 14.1. The first-order valence-electron chi connectivity index (χ1n) is 8.05. The summed E-state index contributed by atoms with van der Waals surface area (Å²) in [5.74, 6) is 0.971. The van der Waals surface area contributed by atoms with Crippen LogP contribution in [0, 0.1) is 3.57 Å². The number of rotatable bonds is 2. The fourth-order valence-electron chi connectivity index (χ4n) is 3.86. The van der Waals surface area contributed by atoms with Crippen LogP contribution in [0.4, 0.5) is 0 Å². The Kier molecular flexibility index (Phi) is 5.07. The van der Waals surface area contributed by atoms with Crippen LogP contribution in [0.25, 0.3) is 0 Å². The van der Waals surface area contributed by atoms with Crippen molar-refractivity contribution in [3.8, 4) is 5.75 Å². The van der Waals surface area contributed by atoms with Gasteiger partial charge in [0.2, 0.25) is 0 Å². The van der Waals surface area contributed by atoms with E-state index >= 15 is 0 Å². The van der Waals surface area contributed by atoms with Gasteiger partial charge in [0, 0.05) is 6.04 Å². The third kappa shape index (κ3) is 3.54. The Morgan fingerprint density at radius 3 is 2.43 bits per heavy atom. The van der Waals surface area contributed by atoms with Crippen molar-refractivity contribution in [1.82, 2.24) is 4.90 Å². The molecule has 1 aliphatic carbocycles. The lowest BCUT2D eigenvalue weighted by molar-refractivity contribution is 0.00870. The topological polar surface area (TPSA) is 43.7 Å². The number of nitrogens with zero attached hydrogens (tertiary/aromatic N) is 1. The van der Waals surface area contributed by atoms with E-state index in [-0.39, 0.29) is 6.10 Å². The Hall–Kier alpha value is -0.330. The maximum absolute atomic E-state index is 10.2. The van der Waals surface area contributed by atoms with E-state index in [1.54, 1.807) is 0 Å². The normalized spacial score (nSPS) is 28.7. The van der Waals surface area contributed by atoms with Crippen molar-refractivity contribution >= 4 is 22.6 Å². The molecule has 0 radical (unpaired) electrons. The average molecular weight is 401 g/mol. The molecule has 1 aliphatic heterocycles. The largest absolute Gasteiger partial charge is 0.507 e. The Bertz CT molecular complexity index is 486. The summed E-state index contributed by atoms with van der Waals surface area (Å²) in [7, 11) is 0. The van der Waals surface area contributed by atoms with Crippen LogP contribution in [0.1, 0.15) is 50.0 Å². The van der Waals surface area contributed by atoms with Crippen LogP contribution in [0.2, 0.25) is 0 Å². The van der Waals surface area contributed by atoms with Gasteiger partial charge in [-0.15, -0.1) is 0 Å². The van der Waals surface area contributed by atoms with Crippen LogP contribution in [-0.4, -0.2) is 40.3 Å². The van der Waals surface area contributed by atoms with Gasteiger partial charge in [-0.2, -0.15) is 0 Å². The molecule has 1 aromatic carbocycles. The van der Waals surface area contributed by atoms with Crippen LogP contribution in [0.5, 0.6) is 5.75 Å². The molecule has 21 heavy (non-hydrogen) atoms. The van der Waals surface area contributed by atoms with Crippen molar-refractivity contribution in [3.05, 3.63) is 27.3 Å². The molecule has 2 fully saturated rings. The predicted octanol–water partition coefficient (Wildman–Crippen LogP) is 3.48. The van der Waals surface area contributed by atoms with E-state index < -0.39 is 0 Å². The first kappa shape index (κ1) is 15.6. The first-order chi connectivity index (χ1) is 10.1. The molecule has 1 aromatic rings. The lowest BCUT2D eigenvalue weighted by Gasteiger charge is -2.41. The summed E-state index contributed by atoms with van der Waals surface area (Å²) in [5, 5.41) is 19.8. The number of hydrogen-bond acceptors (Lipinski definition) is 3. The fraction of sp³-hybridized carbons (Fsp3) is 0.647. The van der Waals surface area contributed by atoms with Crippen LogP contribution in [0.3, 0.4) is 0 Å². The van der Waals surface area contributed by atoms with Crippen molar-refractivity contribution in [1.29, 1.82) is 0 Å². The molecule has 2 unspecified atom stereocenters. The number of aliphatic hydroxyl groups excluding tert-OH is 1. The van der Waals surface area contributed by atoms with Gasteiger partial charge in [0.25, 0.3) is 0 Å². The van der Waals surface area contributed by atoms with Gasteiger partial charge in [0.15, 0.2) is 0 Å². The molecular formula is C17H24INO2. The summed E-state index contributed by atoms with van der Waals surface area (Å²) in [5.41, 5.74) is 1.35. The Morgan fingerprint density at radius 1 is 1.05 bits per heavy atom. The standard InChI is InChI=1S/C17H24INO2/c18-14-11-13(5-6-16(14)20)12-7-9-19(10-8-12)15-3-1-2-4-17(15)21/h5-6,11-12,15,17,20-21H,1-4,7-10H2. The number of aromatic hydroxyl groups is 1. The van der Waals surface area contributed by atoms with Gasteiger partial charge in [-0.05, 0) is 85.0 Å². The summed E-state index contributed by atoms with van der Waals surface area (Å²) in [6, 6.07) is 6.38. The maximum atomic E-state index is 10.2. The number of hydrogen-bond donors (Lipinski definition) is 2. The van der Waals surface area contributed by atoms with Crippen LogP contribution >= 0.6 is 22.6 Å². The highest BCUT2D eigenvalue weighted by atomic mass is 127. The maximum Gasteiger partial charge on any atom is 0.128 e. The first-order valence-corrected chi connectivity index (χ1v) is 9.13. The van der Waals surface area contributed by atoms with Gasteiger partial charge in [-0.25, -0.2) is 0 Å². The van der Waals surface area contributed by atoms with Crippen molar-refractivity contribution in [2.75, 3.05) is 13.1 Å². The summed E-state index contributed by atoms with van der Waals surface area (Å²) in [6.45, 7) is 2.17. The fourth-order valence-corrected chi connectivity index (χ4v) is 4.40. The minimum atomic E-state index is -0.120. The summed E-state index contributed by atoms with van der Waals surface area (Å²) in [4.78, 5) is 2.51. The average Bonchev–Trinajstić information content (AvgIpc) is 2.51. The summed E-state index contributed by atoms with van der Waals surface area (Å²) >= 11 is 2.19. The molecule has 4 heteroatoms. The molecule has 2 atom stereocenters. The molecule has 116 valence electrons. The van der Waals surface area contributed by atoms with E-state index in [0.717, 1.165) is 42.3 Å². The molecule has 2 N–H and O–H groups in total. The number of phenols is 1. The number of benzene rings is 1. The smallest absolute Gasteiger partial charge is 0.128 e. The quantitative estimate of drug-likeness (QED) is 0.746. The van der Waals surface area contributed by atoms with Gasteiger partial charge < -0.3 is 10.2 Å². The Labute approximate surface area is 140 Å². The number of likely N-dealkylation sites (tertiary alicyclic amines) is 1. The molecule has 0 amide bonds. The molecule has 3 nitrogen and oxygen atoms in total. The highest BCUT2D eigenvalue weighted by Gasteiger charge is 2.31. The number of aliphatic hydroxyl groups is 1. The molecule has 0 bridgehead atoms. The molecule has 0 spiro atoms. The van der Waals surface area contributed by atoms with Crippen molar-refractivity contribution in [2.24, 2.45) is 0 Å². The highest BCUT2D eigenvalue weighted by Crippen LogP contribution is 2.34. The van der Waals surface area contributed by atoms with Crippen LogP contribution in [0.15, 0.2) is 18.2 Å². The Balaban J connectivity index is 1.60. The van der Waals surface area contributed by atoms with Gasteiger partial charge in [0.05, 0.1) is 9.67 Å². The summed E-state index contributed by atoms with van der Waals surface area (Å²) < 4.78 is 0.940. The number of piperidine rings is 1. The van der Waals surface area contributed by atoms with Crippen molar-refractivity contribution < 1.29 is 10.2 Å². The number of halogens is 1. The predicted molar refractivity (Wildman–Crippen MR) is 92.6 cm³/mol. The second-order valence-electron chi connectivity index (χ2n) is 6.44. The molecular weight excluding hydrogens is 377 g/mol. The minimum Gasteiger partial charge on any atom is -0.507 e. The van der Waals surface area contributed by atoms with Crippen molar-refractivity contribution in [3.63, 3.8) is 0 Å². The zero-order valence-corrected chi connectivity index (χ0v) is 14.5. The van der Waals surface area contributed by atoms with E-state index in [1.807, 2.05) is 6.07 Å². The van der Waals surface area contributed by atoms with Gasteiger partial charge in [-0.3, -0.25) is 4.90 Å². The van der Waals surface area contributed by atoms with Gasteiger partial charge in [-0.1, -0.05) is 18.9 Å². The third-order valence-electron chi connectivity index (χ3n) is 5.14.